The monoisotopic (exact) mass is 226 g/mol. The van der Waals surface area contributed by atoms with Crippen molar-refractivity contribution >= 4 is 17.9 Å². The maximum atomic E-state index is 11.0. The van der Waals surface area contributed by atoms with Gasteiger partial charge in [0, 0.05) is 17.6 Å². The van der Waals surface area contributed by atoms with Gasteiger partial charge in [0.25, 0.3) is 0 Å². The first-order valence-electron chi connectivity index (χ1n) is 4.65. The third-order valence-corrected chi connectivity index (χ3v) is 1.69. The van der Waals surface area contributed by atoms with Crippen LogP contribution >= 0.6 is 0 Å². The molecule has 5 nitrogen and oxygen atoms in total. The summed E-state index contributed by atoms with van der Waals surface area (Å²) in [6.45, 7) is 6.18. The van der Waals surface area contributed by atoms with Gasteiger partial charge >= 0.3 is 17.9 Å². The lowest BCUT2D eigenvalue weighted by Gasteiger charge is -2.00. The normalized spacial score (nSPS) is 10.8. The van der Waals surface area contributed by atoms with Crippen molar-refractivity contribution in [3.05, 3.63) is 23.8 Å². The first-order chi connectivity index (χ1) is 7.34. The van der Waals surface area contributed by atoms with Crippen LogP contribution in [-0.2, 0) is 19.1 Å². The van der Waals surface area contributed by atoms with E-state index < -0.39 is 17.9 Å². The van der Waals surface area contributed by atoms with Crippen LogP contribution in [0.1, 0.15) is 26.7 Å². The summed E-state index contributed by atoms with van der Waals surface area (Å²) in [7, 11) is 0. The second-order valence-electron chi connectivity index (χ2n) is 3.27. The molecular formula is C11H14O5. The van der Waals surface area contributed by atoms with E-state index in [-0.39, 0.29) is 24.0 Å². The molecule has 0 aliphatic rings. The number of carbonyl (C=O) groups excluding carboxylic acids is 2. The van der Waals surface area contributed by atoms with Crippen molar-refractivity contribution in [2.75, 3.05) is 0 Å². The second-order valence-corrected chi connectivity index (χ2v) is 3.27. The van der Waals surface area contributed by atoms with Gasteiger partial charge in [-0.2, -0.15) is 0 Å². The Hall–Kier alpha value is -1.91. The molecule has 0 aromatic carbocycles. The zero-order valence-corrected chi connectivity index (χ0v) is 9.28. The van der Waals surface area contributed by atoms with E-state index in [9.17, 15) is 14.4 Å². The molecule has 0 saturated heterocycles. The van der Waals surface area contributed by atoms with Crippen LogP contribution in [0.3, 0.4) is 0 Å². The quantitative estimate of drug-likeness (QED) is 0.436. The molecule has 0 spiro atoms. The van der Waals surface area contributed by atoms with Crippen molar-refractivity contribution in [3.63, 3.8) is 0 Å². The molecule has 0 aliphatic carbocycles. The molecule has 0 heterocycles. The molecule has 0 bridgehead atoms. The Morgan fingerprint density at radius 1 is 1.31 bits per heavy atom. The molecule has 0 aliphatic heterocycles. The van der Waals surface area contributed by atoms with Gasteiger partial charge in [0.2, 0.25) is 0 Å². The summed E-state index contributed by atoms with van der Waals surface area (Å²) in [6, 6.07) is 0. The third kappa shape index (κ3) is 5.74. The molecule has 0 rings (SSSR count). The highest BCUT2D eigenvalue weighted by Gasteiger charge is 2.10. The number of hydrogen-bond acceptors (Lipinski definition) is 4. The van der Waals surface area contributed by atoms with Crippen LogP contribution in [0.4, 0.5) is 0 Å². The molecule has 0 aromatic heterocycles. The Balaban J connectivity index is 4.01. The first-order valence-corrected chi connectivity index (χ1v) is 4.65. The summed E-state index contributed by atoms with van der Waals surface area (Å²) in [5.41, 5.74) is 0.296. The minimum absolute atomic E-state index is 0.0381. The molecule has 0 unspecified atom stereocenters. The number of allylic oxidation sites excluding steroid dienone is 1. The van der Waals surface area contributed by atoms with Crippen molar-refractivity contribution in [1.29, 1.82) is 0 Å². The molecule has 0 radical (unpaired) electrons. The Kier molecular flexibility index (Phi) is 5.77. The highest BCUT2D eigenvalue weighted by Crippen LogP contribution is 2.02. The number of rotatable bonds is 5. The molecule has 0 saturated carbocycles. The predicted octanol–water partition coefficient (Wildman–Crippen LogP) is 1.44. The number of esters is 2. The average molecular weight is 226 g/mol. The molecule has 0 atom stereocenters. The van der Waals surface area contributed by atoms with Gasteiger partial charge in [-0.3, -0.25) is 4.79 Å². The van der Waals surface area contributed by atoms with E-state index >= 15 is 0 Å². The highest BCUT2D eigenvalue weighted by atomic mass is 16.6. The van der Waals surface area contributed by atoms with Crippen LogP contribution < -0.4 is 0 Å². The smallest absolute Gasteiger partial charge is 0.340 e. The fourth-order valence-corrected chi connectivity index (χ4v) is 0.735. The number of aliphatic carboxylic acids is 1. The molecular weight excluding hydrogens is 212 g/mol. The number of carbonyl (C=O) groups is 3. The van der Waals surface area contributed by atoms with Gasteiger partial charge in [-0.1, -0.05) is 12.7 Å². The standard InChI is InChI=1S/C11H14O5/c1-7(2)11(15)16-9(12)6-4-5-8(3)10(13)14/h5H,1,4,6H2,2-3H3,(H,13,14). The third-order valence-electron chi connectivity index (χ3n) is 1.69. The van der Waals surface area contributed by atoms with E-state index in [4.69, 9.17) is 5.11 Å². The molecule has 88 valence electrons. The number of carboxylic acid groups (broad SMARTS) is 1. The van der Waals surface area contributed by atoms with Gasteiger partial charge < -0.3 is 9.84 Å². The molecule has 0 fully saturated rings. The van der Waals surface area contributed by atoms with Crippen molar-refractivity contribution in [2.45, 2.75) is 26.7 Å². The van der Waals surface area contributed by atoms with Gasteiger partial charge in [0.05, 0.1) is 0 Å². The Bertz CT molecular complexity index is 351. The zero-order chi connectivity index (χ0) is 12.7. The Morgan fingerprint density at radius 3 is 2.31 bits per heavy atom. The molecule has 0 amide bonds. The zero-order valence-electron chi connectivity index (χ0n) is 9.28. The van der Waals surface area contributed by atoms with Crippen LogP contribution in [0, 0.1) is 0 Å². The average Bonchev–Trinajstić information content (AvgIpc) is 2.16. The first kappa shape index (κ1) is 14.1. The van der Waals surface area contributed by atoms with Crippen molar-refractivity contribution in [2.24, 2.45) is 0 Å². The van der Waals surface area contributed by atoms with E-state index in [0.717, 1.165) is 0 Å². The lowest BCUT2D eigenvalue weighted by molar-refractivity contribution is -0.156. The number of hydrogen-bond donors (Lipinski definition) is 1. The highest BCUT2D eigenvalue weighted by molar-refractivity contribution is 5.95. The van der Waals surface area contributed by atoms with E-state index in [2.05, 4.69) is 11.3 Å². The van der Waals surface area contributed by atoms with E-state index in [1.165, 1.54) is 19.9 Å². The lowest BCUT2D eigenvalue weighted by atomic mass is 10.2. The van der Waals surface area contributed by atoms with Gasteiger partial charge in [0.1, 0.15) is 0 Å². The fourth-order valence-electron chi connectivity index (χ4n) is 0.735. The number of ether oxygens (including phenoxy) is 1. The Morgan fingerprint density at radius 2 is 1.88 bits per heavy atom. The summed E-state index contributed by atoms with van der Waals surface area (Å²) in [4.78, 5) is 32.3. The summed E-state index contributed by atoms with van der Waals surface area (Å²) in [6.07, 6.45) is 1.58. The van der Waals surface area contributed by atoms with Crippen molar-refractivity contribution < 1.29 is 24.2 Å². The maximum absolute atomic E-state index is 11.0. The molecule has 0 aromatic rings. The van der Waals surface area contributed by atoms with E-state index in [1.807, 2.05) is 0 Å². The predicted molar refractivity (Wildman–Crippen MR) is 56.5 cm³/mol. The summed E-state index contributed by atoms with van der Waals surface area (Å²) < 4.78 is 4.40. The summed E-state index contributed by atoms with van der Waals surface area (Å²) in [5.74, 6) is -2.49. The van der Waals surface area contributed by atoms with Crippen LogP contribution in [0.15, 0.2) is 23.8 Å². The van der Waals surface area contributed by atoms with Gasteiger partial charge in [-0.25, -0.2) is 9.59 Å². The van der Waals surface area contributed by atoms with Gasteiger partial charge in [-0.05, 0) is 20.3 Å². The second kappa shape index (κ2) is 6.55. The maximum Gasteiger partial charge on any atom is 0.340 e. The topological polar surface area (TPSA) is 80.7 Å². The fraction of sp³-hybridized carbons (Fsp3) is 0.364. The number of carboxylic acids is 1. The van der Waals surface area contributed by atoms with Crippen molar-refractivity contribution in [1.82, 2.24) is 0 Å². The van der Waals surface area contributed by atoms with Crippen LogP contribution in [0.2, 0.25) is 0 Å². The molecule has 5 heteroatoms. The van der Waals surface area contributed by atoms with Crippen molar-refractivity contribution in [3.8, 4) is 0 Å². The molecule has 16 heavy (non-hydrogen) atoms. The van der Waals surface area contributed by atoms with Crippen LogP contribution in [0.5, 0.6) is 0 Å². The lowest BCUT2D eigenvalue weighted by Crippen LogP contribution is -2.12. The van der Waals surface area contributed by atoms with Gasteiger partial charge in [0.15, 0.2) is 0 Å². The molecule has 1 N–H and O–H groups in total. The minimum atomic E-state index is -1.04. The SMILES string of the molecule is C=C(C)C(=O)OC(=O)CCC=C(C)C(=O)O. The van der Waals surface area contributed by atoms with Crippen LogP contribution in [0.25, 0.3) is 0 Å². The van der Waals surface area contributed by atoms with Gasteiger partial charge in [-0.15, -0.1) is 0 Å². The summed E-state index contributed by atoms with van der Waals surface area (Å²) >= 11 is 0. The van der Waals surface area contributed by atoms with E-state index in [1.54, 1.807) is 0 Å². The van der Waals surface area contributed by atoms with Crippen LogP contribution in [-0.4, -0.2) is 23.0 Å². The minimum Gasteiger partial charge on any atom is -0.478 e. The summed E-state index contributed by atoms with van der Waals surface area (Å²) in [5, 5.41) is 8.52. The van der Waals surface area contributed by atoms with E-state index in [0.29, 0.717) is 0 Å². The largest absolute Gasteiger partial charge is 0.478 e. The Labute approximate surface area is 93.4 Å².